The van der Waals surface area contributed by atoms with Gasteiger partial charge in [0.05, 0.1) is 6.10 Å². The summed E-state index contributed by atoms with van der Waals surface area (Å²) in [5, 5.41) is 8.73. The second kappa shape index (κ2) is 3.49. The van der Waals surface area contributed by atoms with Crippen molar-refractivity contribution in [2.24, 2.45) is 0 Å². The van der Waals surface area contributed by atoms with Gasteiger partial charge in [0.2, 0.25) is 0 Å². The molecule has 0 radical (unpaired) electrons. The van der Waals surface area contributed by atoms with E-state index < -0.39 is 0 Å². The van der Waals surface area contributed by atoms with Crippen molar-refractivity contribution >= 4 is 17.4 Å². The fourth-order valence-electron chi connectivity index (χ4n) is 0.904. The highest BCUT2D eigenvalue weighted by Gasteiger charge is 2.09. The van der Waals surface area contributed by atoms with Gasteiger partial charge >= 0.3 is 0 Å². The molecule has 0 saturated heterocycles. The SMILES string of the molecule is OC1CCCC1.[AlH3]. The minimum atomic E-state index is 0. The maximum atomic E-state index is 8.73. The van der Waals surface area contributed by atoms with E-state index in [1.165, 1.54) is 12.8 Å². The predicted octanol–water partition coefficient (Wildman–Crippen LogP) is -0.263. The third-order valence-corrected chi connectivity index (χ3v) is 1.32. The second-order valence-corrected chi connectivity index (χ2v) is 1.94. The van der Waals surface area contributed by atoms with Crippen molar-refractivity contribution in [1.29, 1.82) is 0 Å². The summed E-state index contributed by atoms with van der Waals surface area (Å²) < 4.78 is 0. The Morgan fingerprint density at radius 3 is 1.71 bits per heavy atom. The molecule has 1 fully saturated rings. The van der Waals surface area contributed by atoms with Gasteiger partial charge in [0.1, 0.15) is 0 Å². The van der Waals surface area contributed by atoms with E-state index in [1.807, 2.05) is 0 Å². The monoisotopic (exact) mass is 116 g/mol. The van der Waals surface area contributed by atoms with Crippen molar-refractivity contribution in [3.8, 4) is 0 Å². The Labute approximate surface area is 54.9 Å². The van der Waals surface area contributed by atoms with E-state index in [-0.39, 0.29) is 23.5 Å². The summed E-state index contributed by atoms with van der Waals surface area (Å²) >= 11 is 0. The highest BCUT2D eigenvalue weighted by Crippen LogP contribution is 2.16. The smallest absolute Gasteiger partial charge is 0.187 e. The summed E-state index contributed by atoms with van der Waals surface area (Å²) in [7, 11) is 0. The topological polar surface area (TPSA) is 20.2 Å². The van der Waals surface area contributed by atoms with Gasteiger partial charge in [0.15, 0.2) is 17.4 Å². The molecular weight excluding hydrogens is 103 g/mol. The van der Waals surface area contributed by atoms with Crippen LogP contribution >= 0.6 is 0 Å². The average molecular weight is 116 g/mol. The largest absolute Gasteiger partial charge is 0.393 e. The lowest BCUT2D eigenvalue weighted by Crippen LogP contribution is -1.94. The number of aliphatic hydroxyl groups is 1. The van der Waals surface area contributed by atoms with Gasteiger partial charge in [-0.25, -0.2) is 0 Å². The molecule has 0 unspecified atom stereocenters. The fraction of sp³-hybridized carbons (Fsp3) is 1.00. The Balaban J connectivity index is 0.000000360. The molecule has 7 heavy (non-hydrogen) atoms. The summed E-state index contributed by atoms with van der Waals surface area (Å²) in [6.45, 7) is 0. The van der Waals surface area contributed by atoms with Crippen LogP contribution in [0.2, 0.25) is 0 Å². The number of hydrogen-bond donors (Lipinski definition) is 1. The first-order valence-electron chi connectivity index (χ1n) is 2.57. The van der Waals surface area contributed by atoms with E-state index in [2.05, 4.69) is 0 Å². The zero-order valence-electron chi connectivity index (χ0n) is 3.85. The van der Waals surface area contributed by atoms with E-state index >= 15 is 0 Å². The minimum absolute atomic E-state index is 0. The van der Waals surface area contributed by atoms with E-state index in [9.17, 15) is 0 Å². The molecule has 0 atom stereocenters. The van der Waals surface area contributed by atoms with Gasteiger partial charge in [-0.05, 0) is 12.8 Å². The summed E-state index contributed by atoms with van der Waals surface area (Å²) in [4.78, 5) is 0. The molecule has 1 N–H and O–H groups in total. The van der Waals surface area contributed by atoms with Crippen molar-refractivity contribution < 1.29 is 5.11 Å². The Morgan fingerprint density at radius 2 is 1.57 bits per heavy atom. The quantitative estimate of drug-likeness (QED) is 0.432. The van der Waals surface area contributed by atoms with Crippen molar-refractivity contribution in [1.82, 2.24) is 0 Å². The maximum absolute atomic E-state index is 8.73. The van der Waals surface area contributed by atoms with Crippen LogP contribution in [0.5, 0.6) is 0 Å². The van der Waals surface area contributed by atoms with Crippen molar-refractivity contribution in [2.75, 3.05) is 0 Å². The standard InChI is InChI=1S/C5H10O.Al.3H/c6-5-3-1-2-4-5;;;;/h5-6H,1-4H2;;;;. The van der Waals surface area contributed by atoms with Crippen LogP contribution in [0.15, 0.2) is 0 Å². The molecule has 0 aliphatic heterocycles. The lowest BCUT2D eigenvalue weighted by Gasteiger charge is -1.91. The molecule has 2 heteroatoms. The third kappa shape index (κ3) is 2.33. The van der Waals surface area contributed by atoms with Crippen LogP contribution < -0.4 is 0 Å². The van der Waals surface area contributed by atoms with Crippen molar-refractivity contribution in [3.63, 3.8) is 0 Å². The van der Waals surface area contributed by atoms with Crippen LogP contribution in [0.1, 0.15) is 25.7 Å². The Bertz CT molecular complexity index is 41.3. The molecule has 1 rings (SSSR count). The normalized spacial score (nSPS) is 21.9. The number of hydrogen-bond acceptors (Lipinski definition) is 1. The van der Waals surface area contributed by atoms with E-state index in [0.717, 1.165) is 12.8 Å². The lowest BCUT2D eigenvalue weighted by atomic mass is 10.3. The minimum Gasteiger partial charge on any atom is -0.393 e. The fourth-order valence-corrected chi connectivity index (χ4v) is 0.904. The third-order valence-electron chi connectivity index (χ3n) is 1.32. The first-order chi connectivity index (χ1) is 2.89. The number of aliphatic hydroxyl groups excluding tert-OH is 1. The van der Waals surface area contributed by atoms with Gasteiger partial charge in [-0.3, -0.25) is 0 Å². The van der Waals surface area contributed by atoms with Crippen molar-refractivity contribution in [3.05, 3.63) is 0 Å². The molecule has 1 aliphatic rings. The van der Waals surface area contributed by atoms with Crippen LogP contribution in [-0.2, 0) is 0 Å². The molecule has 1 aliphatic carbocycles. The first-order valence-corrected chi connectivity index (χ1v) is 2.57. The van der Waals surface area contributed by atoms with Crippen LogP contribution in [0.4, 0.5) is 0 Å². The van der Waals surface area contributed by atoms with Crippen LogP contribution in [0.3, 0.4) is 0 Å². The molecule has 0 aromatic carbocycles. The van der Waals surface area contributed by atoms with Crippen LogP contribution in [-0.4, -0.2) is 28.6 Å². The highest BCUT2D eigenvalue weighted by molar-refractivity contribution is 5.75. The van der Waals surface area contributed by atoms with Gasteiger partial charge < -0.3 is 5.11 Å². The van der Waals surface area contributed by atoms with Crippen LogP contribution in [0.25, 0.3) is 0 Å². The molecule has 42 valence electrons. The molecular formula is C5H13AlO. The van der Waals surface area contributed by atoms with Gasteiger partial charge in [0.25, 0.3) is 0 Å². The van der Waals surface area contributed by atoms with Gasteiger partial charge in [0, 0.05) is 0 Å². The van der Waals surface area contributed by atoms with Gasteiger partial charge in [-0.1, -0.05) is 12.8 Å². The lowest BCUT2D eigenvalue weighted by molar-refractivity contribution is 0.183. The summed E-state index contributed by atoms with van der Waals surface area (Å²) in [6.07, 6.45) is 4.60. The Hall–Kier alpha value is 0.492. The second-order valence-electron chi connectivity index (χ2n) is 1.94. The first kappa shape index (κ1) is 7.49. The molecule has 0 bridgehead atoms. The number of rotatable bonds is 0. The highest BCUT2D eigenvalue weighted by atomic mass is 27.0. The van der Waals surface area contributed by atoms with Crippen LogP contribution in [0, 0.1) is 0 Å². The summed E-state index contributed by atoms with van der Waals surface area (Å²) in [5.74, 6) is 0. The van der Waals surface area contributed by atoms with Gasteiger partial charge in [-0.2, -0.15) is 0 Å². The van der Waals surface area contributed by atoms with E-state index in [1.54, 1.807) is 0 Å². The zero-order chi connectivity index (χ0) is 4.41. The Morgan fingerprint density at radius 1 is 1.14 bits per heavy atom. The van der Waals surface area contributed by atoms with E-state index in [0.29, 0.717) is 0 Å². The van der Waals surface area contributed by atoms with Gasteiger partial charge in [-0.15, -0.1) is 0 Å². The average Bonchev–Trinajstić information content (AvgIpc) is 1.86. The zero-order valence-corrected chi connectivity index (χ0v) is 3.85. The van der Waals surface area contributed by atoms with E-state index in [4.69, 9.17) is 5.11 Å². The molecule has 0 heterocycles. The molecule has 1 saturated carbocycles. The Kier molecular flexibility index (Phi) is 3.73. The molecule has 0 aromatic heterocycles. The molecule has 0 spiro atoms. The molecule has 1 nitrogen and oxygen atoms in total. The molecule has 0 aromatic rings. The predicted molar refractivity (Wildman–Crippen MR) is 34.4 cm³/mol. The summed E-state index contributed by atoms with van der Waals surface area (Å²) in [5.41, 5.74) is 0. The maximum Gasteiger partial charge on any atom is 0.187 e. The summed E-state index contributed by atoms with van der Waals surface area (Å²) in [6, 6.07) is 0. The molecule has 0 amide bonds. The van der Waals surface area contributed by atoms with Crippen molar-refractivity contribution in [2.45, 2.75) is 31.8 Å².